The summed E-state index contributed by atoms with van der Waals surface area (Å²) in [6, 6.07) is 5.67. The van der Waals surface area contributed by atoms with Crippen LogP contribution in [0.5, 0.6) is 0 Å². The fraction of sp³-hybridized carbons (Fsp3) is 0.667. The fourth-order valence-electron chi connectivity index (χ4n) is 6.38. The molecule has 0 aliphatic heterocycles. The molecule has 4 aliphatic carbocycles. The van der Waals surface area contributed by atoms with E-state index in [0.717, 1.165) is 24.8 Å². The average Bonchev–Trinajstić information content (AvgIpc) is 2.65. The summed E-state index contributed by atoms with van der Waals surface area (Å²) < 4.78 is 13.1. The Balaban J connectivity index is 1.44. The Morgan fingerprint density at radius 2 is 1.59 bits per heavy atom. The zero-order valence-electron chi connectivity index (χ0n) is 17.8. The minimum absolute atomic E-state index is 0.0102. The molecule has 4 aliphatic rings. The number of hydrogen-bond acceptors (Lipinski definition) is 2. The molecule has 158 valence electrons. The van der Waals surface area contributed by atoms with E-state index in [1.54, 1.807) is 24.1 Å². The van der Waals surface area contributed by atoms with Gasteiger partial charge < -0.3 is 10.2 Å². The molecule has 4 fully saturated rings. The fourth-order valence-corrected chi connectivity index (χ4v) is 6.38. The van der Waals surface area contributed by atoms with E-state index in [0.29, 0.717) is 24.3 Å². The van der Waals surface area contributed by atoms with Crippen LogP contribution in [0.1, 0.15) is 57.9 Å². The second kappa shape index (κ2) is 7.73. The maximum Gasteiger partial charge on any atom is 0.245 e. The predicted molar refractivity (Wildman–Crippen MR) is 110 cm³/mol. The second-order valence-corrected chi connectivity index (χ2v) is 10.2. The van der Waals surface area contributed by atoms with Crippen LogP contribution < -0.4 is 5.32 Å². The number of rotatable bonds is 6. The lowest BCUT2D eigenvalue weighted by atomic mass is 9.49. The van der Waals surface area contributed by atoms with Crippen molar-refractivity contribution in [3.63, 3.8) is 0 Å². The number of benzene rings is 1. The van der Waals surface area contributed by atoms with E-state index in [1.165, 1.54) is 31.4 Å². The van der Waals surface area contributed by atoms with E-state index in [-0.39, 0.29) is 29.0 Å². The largest absolute Gasteiger partial charge is 0.344 e. The highest BCUT2D eigenvalue weighted by Crippen LogP contribution is 2.60. The molecule has 1 N–H and O–H groups in total. The molecule has 0 aromatic heterocycles. The minimum Gasteiger partial charge on any atom is -0.344 e. The minimum atomic E-state index is -0.527. The molecule has 5 heteroatoms. The van der Waals surface area contributed by atoms with E-state index in [4.69, 9.17) is 0 Å². The van der Waals surface area contributed by atoms with Crippen molar-refractivity contribution in [1.29, 1.82) is 0 Å². The van der Waals surface area contributed by atoms with E-state index >= 15 is 0 Å². The highest BCUT2D eigenvalue weighted by Gasteiger charge is 2.55. The van der Waals surface area contributed by atoms with Gasteiger partial charge in [0.05, 0.1) is 0 Å². The van der Waals surface area contributed by atoms with Crippen molar-refractivity contribution in [3.05, 3.63) is 35.6 Å². The number of amides is 2. The van der Waals surface area contributed by atoms with E-state index in [2.05, 4.69) is 5.32 Å². The molecule has 4 bridgehead atoms. The summed E-state index contributed by atoms with van der Waals surface area (Å²) >= 11 is 0. The molecular formula is C24H33FN2O2. The Labute approximate surface area is 173 Å². The molecule has 1 unspecified atom stereocenters. The van der Waals surface area contributed by atoms with Gasteiger partial charge in [-0.2, -0.15) is 0 Å². The molecule has 0 radical (unpaired) electrons. The van der Waals surface area contributed by atoms with Crippen LogP contribution in [-0.2, 0) is 16.1 Å². The molecule has 29 heavy (non-hydrogen) atoms. The van der Waals surface area contributed by atoms with Crippen LogP contribution in [0.25, 0.3) is 0 Å². The summed E-state index contributed by atoms with van der Waals surface area (Å²) in [5.41, 5.74) is 0.620. The van der Waals surface area contributed by atoms with Crippen LogP contribution in [0, 0.1) is 34.9 Å². The molecule has 0 heterocycles. The molecule has 5 rings (SSSR count). The van der Waals surface area contributed by atoms with Gasteiger partial charge >= 0.3 is 0 Å². The molecule has 2 amide bonds. The predicted octanol–water partition coefficient (Wildman–Crippen LogP) is 4.14. The van der Waals surface area contributed by atoms with Crippen LogP contribution >= 0.6 is 0 Å². The smallest absolute Gasteiger partial charge is 0.245 e. The third-order valence-electron chi connectivity index (χ3n) is 7.45. The van der Waals surface area contributed by atoms with Gasteiger partial charge in [-0.3, -0.25) is 9.59 Å². The first-order valence-corrected chi connectivity index (χ1v) is 11.1. The summed E-state index contributed by atoms with van der Waals surface area (Å²) in [4.78, 5) is 28.2. The third-order valence-corrected chi connectivity index (χ3v) is 7.45. The van der Waals surface area contributed by atoms with Crippen LogP contribution in [0.15, 0.2) is 24.3 Å². The molecular weight excluding hydrogens is 367 g/mol. The number of nitrogens with one attached hydrogen (secondary N) is 1. The molecule has 1 aromatic carbocycles. The van der Waals surface area contributed by atoms with Crippen LogP contribution in [-0.4, -0.2) is 29.8 Å². The lowest BCUT2D eigenvalue weighted by Gasteiger charge is -2.56. The quantitative estimate of drug-likeness (QED) is 0.780. The van der Waals surface area contributed by atoms with Gasteiger partial charge in [0.25, 0.3) is 0 Å². The Kier molecular flexibility index (Phi) is 5.43. The van der Waals surface area contributed by atoms with E-state index in [9.17, 15) is 14.0 Å². The van der Waals surface area contributed by atoms with Crippen molar-refractivity contribution in [2.75, 3.05) is 7.05 Å². The monoisotopic (exact) mass is 400 g/mol. The van der Waals surface area contributed by atoms with Gasteiger partial charge in [-0.05, 0) is 79.9 Å². The number of hydrogen-bond donors (Lipinski definition) is 1. The van der Waals surface area contributed by atoms with Gasteiger partial charge in [0.2, 0.25) is 11.8 Å². The standard InChI is InChI=1S/C24H33FN2O2/c1-15(2)21(22(28)27(3)14-16-4-6-20(25)7-5-16)26-23(29)24-11-17-8-18(12-24)10-19(9-17)13-24/h4-7,15,17-19,21H,8-14H2,1-3H3,(H,26,29). The average molecular weight is 401 g/mol. The second-order valence-electron chi connectivity index (χ2n) is 10.2. The first kappa shape index (κ1) is 20.4. The zero-order chi connectivity index (χ0) is 20.8. The van der Waals surface area contributed by atoms with E-state index in [1.807, 2.05) is 13.8 Å². The summed E-state index contributed by atoms with van der Waals surface area (Å²) in [5, 5.41) is 3.16. The first-order chi connectivity index (χ1) is 13.8. The number of carbonyl (C=O) groups is 2. The normalized spacial score (nSPS) is 31.0. The molecule has 1 aromatic rings. The highest BCUT2D eigenvalue weighted by molar-refractivity contribution is 5.90. The topological polar surface area (TPSA) is 49.4 Å². The molecule has 1 atom stereocenters. The van der Waals surface area contributed by atoms with Gasteiger partial charge in [0, 0.05) is 19.0 Å². The van der Waals surface area contributed by atoms with E-state index < -0.39 is 6.04 Å². The lowest BCUT2D eigenvalue weighted by molar-refractivity contribution is -0.150. The zero-order valence-corrected chi connectivity index (χ0v) is 17.8. The number of carbonyl (C=O) groups excluding carboxylic acids is 2. The lowest BCUT2D eigenvalue weighted by Crippen LogP contribution is -2.58. The van der Waals surface area contributed by atoms with Crippen molar-refractivity contribution >= 4 is 11.8 Å². The number of nitrogens with zero attached hydrogens (tertiary/aromatic N) is 1. The number of halogens is 1. The summed E-state index contributed by atoms with van der Waals surface area (Å²) in [6.07, 6.45) is 6.86. The maximum absolute atomic E-state index is 13.4. The Bertz CT molecular complexity index is 738. The van der Waals surface area contributed by atoms with Crippen molar-refractivity contribution in [2.24, 2.45) is 29.1 Å². The molecule has 4 nitrogen and oxygen atoms in total. The Morgan fingerprint density at radius 1 is 1.07 bits per heavy atom. The maximum atomic E-state index is 13.4. The van der Waals surface area contributed by atoms with Gasteiger partial charge in [-0.25, -0.2) is 4.39 Å². The summed E-state index contributed by atoms with van der Waals surface area (Å²) in [7, 11) is 1.75. The van der Waals surface area contributed by atoms with Crippen LogP contribution in [0.3, 0.4) is 0 Å². The van der Waals surface area contributed by atoms with Crippen LogP contribution in [0.2, 0.25) is 0 Å². The first-order valence-electron chi connectivity index (χ1n) is 11.1. The van der Waals surface area contributed by atoms with Crippen LogP contribution in [0.4, 0.5) is 4.39 Å². The SMILES string of the molecule is CC(C)C(NC(=O)C12CC3CC(CC(C3)C1)C2)C(=O)N(C)Cc1ccc(F)cc1. The van der Waals surface area contributed by atoms with Gasteiger partial charge in [0.1, 0.15) is 11.9 Å². The Morgan fingerprint density at radius 3 is 2.07 bits per heavy atom. The van der Waals surface area contributed by atoms with Crippen molar-refractivity contribution in [2.45, 2.75) is 65.0 Å². The number of likely N-dealkylation sites (N-methyl/N-ethyl adjacent to an activating group) is 1. The van der Waals surface area contributed by atoms with Gasteiger partial charge in [-0.15, -0.1) is 0 Å². The van der Waals surface area contributed by atoms with Crippen molar-refractivity contribution in [1.82, 2.24) is 10.2 Å². The summed E-state index contributed by atoms with van der Waals surface area (Å²) in [6.45, 7) is 4.36. The summed E-state index contributed by atoms with van der Waals surface area (Å²) in [5.74, 6) is 1.83. The highest BCUT2D eigenvalue weighted by atomic mass is 19.1. The van der Waals surface area contributed by atoms with Crippen molar-refractivity contribution < 1.29 is 14.0 Å². The molecule has 0 saturated heterocycles. The molecule has 0 spiro atoms. The van der Waals surface area contributed by atoms with Gasteiger partial charge in [0.15, 0.2) is 0 Å². The molecule has 4 saturated carbocycles. The van der Waals surface area contributed by atoms with Crippen molar-refractivity contribution in [3.8, 4) is 0 Å². The Hall–Kier alpha value is -1.91. The van der Waals surface area contributed by atoms with Gasteiger partial charge in [-0.1, -0.05) is 26.0 Å². The third kappa shape index (κ3) is 4.06.